The Kier molecular flexibility index (Phi) is 2.94. The molecule has 0 spiro atoms. The number of carbonyl (C=O) groups is 1. The monoisotopic (exact) mass is 152 g/mol. The Morgan fingerprint density at radius 3 is 3.09 bits per heavy atom. The molecule has 1 rings (SSSR count). The van der Waals surface area contributed by atoms with E-state index in [0.29, 0.717) is 0 Å². The van der Waals surface area contributed by atoms with E-state index >= 15 is 0 Å². The molecule has 1 atom stereocenters. The molecule has 3 nitrogen and oxygen atoms in total. The van der Waals surface area contributed by atoms with Crippen molar-refractivity contribution in [3.05, 3.63) is 0 Å². The molecule has 0 aromatic heterocycles. The summed E-state index contributed by atoms with van der Waals surface area (Å²) < 4.78 is 0. The maximum absolute atomic E-state index is 10.7. The zero-order valence-corrected chi connectivity index (χ0v) is 6.39. The van der Waals surface area contributed by atoms with Crippen LogP contribution in [0.5, 0.6) is 0 Å². The number of hydrogen-bond donors (Lipinski definition) is 2. The highest BCUT2D eigenvalue weighted by atomic mass is 16.1. The molecule has 1 fully saturated rings. The topological polar surface area (TPSA) is 41.1 Å². The van der Waals surface area contributed by atoms with E-state index < -0.39 is 0 Å². The minimum atomic E-state index is -0.307. The van der Waals surface area contributed by atoms with Crippen LogP contribution in [0.1, 0.15) is 12.8 Å². The second kappa shape index (κ2) is 3.99. The van der Waals surface area contributed by atoms with Gasteiger partial charge in [-0.3, -0.25) is 4.79 Å². The first-order chi connectivity index (χ1) is 5.33. The highest BCUT2D eigenvalue weighted by molar-refractivity contribution is 5.93. The lowest BCUT2D eigenvalue weighted by molar-refractivity contribution is -0.116. The standard InChI is InChI=1S/C8H12N2O/c1-2-8(11)10-7-4-3-5-9-6-7/h1,7,9H,3-6H2,(H,10,11)/t7-/m0/s1. The molecule has 60 valence electrons. The van der Waals surface area contributed by atoms with Crippen LogP contribution in [0.15, 0.2) is 0 Å². The highest BCUT2D eigenvalue weighted by Crippen LogP contribution is 2.00. The molecular formula is C8H12N2O. The second-order valence-electron chi connectivity index (χ2n) is 2.66. The van der Waals surface area contributed by atoms with E-state index in [1.807, 2.05) is 5.92 Å². The Hall–Kier alpha value is -1.01. The fourth-order valence-electron chi connectivity index (χ4n) is 1.20. The van der Waals surface area contributed by atoms with Crippen LogP contribution in [0, 0.1) is 12.3 Å². The average molecular weight is 152 g/mol. The summed E-state index contributed by atoms with van der Waals surface area (Å²) in [5.74, 6) is 1.73. The molecule has 0 saturated carbocycles. The van der Waals surface area contributed by atoms with Gasteiger partial charge in [0.1, 0.15) is 0 Å². The van der Waals surface area contributed by atoms with Crippen LogP contribution in [-0.2, 0) is 4.79 Å². The molecule has 1 saturated heterocycles. The van der Waals surface area contributed by atoms with Crippen molar-refractivity contribution in [2.45, 2.75) is 18.9 Å². The summed E-state index contributed by atoms with van der Waals surface area (Å²) in [6, 6.07) is 0.229. The minimum Gasteiger partial charge on any atom is -0.341 e. The van der Waals surface area contributed by atoms with Gasteiger partial charge < -0.3 is 10.6 Å². The predicted molar refractivity (Wildman–Crippen MR) is 42.9 cm³/mol. The Morgan fingerprint density at radius 1 is 1.73 bits per heavy atom. The van der Waals surface area contributed by atoms with Crippen LogP contribution < -0.4 is 10.6 Å². The van der Waals surface area contributed by atoms with Crippen molar-refractivity contribution in [2.75, 3.05) is 13.1 Å². The predicted octanol–water partition coefficient (Wildman–Crippen LogP) is -0.512. The summed E-state index contributed by atoms with van der Waals surface area (Å²) in [6.07, 6.45) is 7.04. The normalized spacial score (nSPS) is 23.7. The number of rotatable bonds is 1. The molecule has 0 radical (unpaired) electrons. The van der Waals surface area contributed by atoms with Gasteiger partial charge >= 0.3 is 0 Å². The Balaban J connectivity index is 2.25. The SMILES string of the molecule is C#CC(=O)N[C@H]1CCCNC1. The molecule has 1 aliphatic heterocycles. The number of nitrogens with one attached hydrogen (secondary N) is 2. The first kappa shape index (κ1) is 8.09. The van der Waals surface area contributed by atoms with E-state index in [9.17, 15) is 4.79 Å². The van der Waals surface area contributed by atoms with Gasteiger partial charge in [-0.15, -0.1) is 6.42 Å². The lowest BCUT2D eigenvalue weighted by Gasteiger charge is -2.22. The summed E-state index contributed by atoms with van der Waals surface area (Å²) >= 11 is 0. The van der Waals surface area contributed by atoms with Crippen molar-refractivity contribution in [1.82, 2.24) is 10.6 Å². The second-order valence-corrected chi connectivity index (χ2v) is 2.66. The van der Waals surface area contributed by atoms with E-state index in [1.165, 1.54) is 0 Å². The largest absolute Gasteiger partial charge is 0.341 e. The van der Waals surface area contributed by atoms with Gasteiger partial charge in [-0.05, 0) is 25.3 Å². The summed E-state index contributed by atoms with van der Waals surface area (Å²) in [5.41, 5.74) is 0. The molecule has 2 N–H and O–H groups in total. The lowest BCUT2D eigenvalue weighted by Crippen LogP contribution is -2.45. The number of piperidine rings is 1. The highest BCUT2D eigenvalue weighted by Gasteiger charge is 2.13. The van der Waals surface area contributed by atoms with E-state index in [2.05, 4.69) is 10.6 Å². The molecule has 0 aromatic rings. The average Bonchev–Trinajstić information content (AvgIpc) is 2.06. The third-order valence-electron chi connectivity index (χ3n) is 1.76. The van der Waals surface area contributed by atoms with E-state index in [1.54, 1.807) is 0 Å². The molecule has 0 bridgehead atoms. The van der Waals surface area contributed by atoms with Gasteiger partial charge in [0.2, 0.25) is 0 Å². The van der Waals surface area contributed by atoms with Crippen molar-refractivity contribution < 1.29 is 4.79 Å². The maximum Gasteiger partial charge on any atom is 0.295 e. The fourth-order valence-corrected chi connectivity index (χ4v) is 1.20. The van der Waals surface area contributed by atoms with E-state index in [0.717, 1.165) is 25.9 Å². The quantitative estimate of drug-likeness (QED) is 0.497. The Morgan fingerprint density at radius 2 is 2.55 bits per heavy atom. The summed E-state index contributed by atoms with van der Waals surface area (Å²) in [5, 5.41) is 5.91. The van der Waals surface area contributed by atoms with Crippen molar-refractivity contribution >= 4 is 5.91 Å². The maximum atomic E-state index is 10.7. The van der Waals surface area contributed by atoms with Crippen LogP contribution in [0.2, 0.25) is 0 Å². The van der Waals surface area contributed by atoms with Crippen molar-refractivity contribution in [3.63, 3.8) is 0 Å². The minimum absolute atomic E-state index is 0.229. The number of carbonyl (C=O) groups excluding carboxylic acids is 1. The van der Waals surface area contributed by atoms with Gasteiger partial charge in [0, 0.05) is 12.6 Å². The lowest BCUT2D eigenvalue weighted by atomic mass is 10.1. The van der Waals surface area contributed by atoms with Crippen LogP contribution >= 0.6 is 0 Å². The first-order valence-electron chi connectivity index (χ1n) is 3.81. The number of hydrogen-bond acceptors (Lipinski definition) is 2. The number of terminal acetylenes is 1. The molecule has 1 aliphatic rings. The molecular weight excluding hydrogens is 140 g/mol. The molecule has 11 heavy (non-hydrogen) atoms. The molecule has 1 amide bonds. The molecule has 0 unspecified atom stereocenters. The van der Waals surface area contributed by atoms with Gasteiger partial charge in [0.15, 0.2) is 0 Å². The van der Waals surface area contributed by atoms with Crippen molar-refractivity contribution in [2.24, 2.45) is 0 Å². The van der Waals surface area contributed by atoms with Gasteiger partial charge in [-0.1, -0.05) is 0 Å². The van der Waals surface area contributed by atoms with Crippen LogP contribution in [0.3, 0.4) is 0 Å². The van der Waals surface area contributed by atoms with Crippen LogP contribution in [0.4, 0.5) is 0 Å². The Bertz CT molecular complexity index is 177. The van der Waals surface area contributed by atoms with Gasteiger partial charge in [0.25, 0.3) is 5.91 Å². The van der Waals surface area contributed by atoms with Gasteiger partial charge in [-0.25, -0.2) is 0 Å². The van der Waals surface area contributed by atoms with E-state index in [4.69, 9.17) is 6.42 Å². The fraction of sp³-hybridized carbons (Fsp3) is 0.625. The summed E-state index contributed by atoms with van der Waals surface area (Å²) in [6.45, 7) is 1.88. The zero-order valence-electron chi connectivity index (χ0n) is 6.39. The Labute approximate surface area is 66.5 Å². The van der Waals surface area contributed by atoms with Crippen LogP contribution in [0.25, 0.3) is 0 Å². The summed E-state index contributed by atoms with van der Waals surface area (Å²) in [4.78, 5) is 10.7. The van der Waals surface area contributed by atoms with E-state index in [-0.39, 0.29) is 11.9 Å². The van der Waals surface area contributed by atoms with Gasteiger partial charge in [-0.2, -0.15) is 0 Å². The third-order valence-corrected chi connectivity index (χ3v) is 1.76. The van der Waals surface area contributed by atoms with Crippen LogP contribution in [-0.4, -0.2) is 25.0 Å². The molecule has 0 aliphatic carbocycles. The van der Waals surface area contributed by atoms with Gasteiger partial charge in [0.05, 0.1) is 0 Å². The molecule has 3 heteroatoms. The first-order valence-corrected chi connectivity index (χ1v) is 3.81. The zero-order chi connectivity index (χ0) is 8.10. The molecule has 1 heterocycles. The number of amides is 1. The third kappa shape index (κ3) is 2.60. The summed E-state index contributed by atoms with van der Waals surface area (Å²) in [7, 11) is 0. The van der Waals surface area contributed by atoms with Crippen molar-refractivity contribution in [1.29, 1.82) is 0 Å². The smallest absolute Gasteiger partial charge is 0.295 e. The molecule has 0 aromatic carbocycles. The van der Waals surface area contributed by atoms with Crippen molar-refractivity contribution in [3.8, 4) is 12.3 Å².